The van der Waals surface area contributed by atoms with Gasteiger partial charge in [-0.2, -0.15) is 0 Å². The van der Waals surface area contributed by atoms with E-state index in [-0.39, 0.29) is 5.78 Å². The Balaban J connectivity index is 2.26. The Bertz CT molecular complexity index is 618. The molecule has 20 heavy (non-hydrogen) atoms. The predicted molar refractivity (Wildman–Crippen MR) is 80.1 cm³/mol. The second-order valence-corrected chi connectivity index (χ2v) is 4.48. The van der Waals surface area contributed by atoms with Crippen LogP contribution < -0.4 is 0 Å². The van der Waals surface area contributed by atoms with E-state index in [1.54, 1.807) is 0 Å². The Morgan fingerprint density at radius 1 is 1.05 bits per heavy atom. The zero-order chi connectivity index (χ0) is 14.4. The molecule has 0 unspecified atom stereocenters. The summed E-state index contributed by atoms with van der Waals surface area (Å²) in [5.74, 6) is 0.100. The van der Waals surface area contributed by atoms with Crippen molar-refractivity contribution < 1.29 is 9.63 Å². The highest BCUT2D eigenvalue weighted by molar-refractivity contribution is 6.03. The smallest absolute Gasteiger partial charge is 0.167 e. The van der Waals surface area contributed by atoms with Crippen LogP contribution in [0.15, 0.2) is 59.8 Å². The average molecular weight is 267 g/mol. The average Bonchev–Trinajstić information content (AvgIpc) is 2.49. The van der Waals surface area contributed by atoms with Crippen LogP contribution >= 0.6 is 0 Å². The molecule has 0 aliphatic carbocycles. The van der Waals surface area contributed by atoms with Crippen molar-refractivity contribution in [2.24, 2.45) is 5.16 Å². The lowest BCUT2D eigenvalue weighted by Crippen LogP contribution is -2.08. The van der Waals surface area contributed by atoms with Crippen LogP contribution in [0.1, 0.15) is 28.4 Å². The van der Waals surface area contributed by atoms with E-state index in [4.69, 9.17) is 4.84 Å². The molecule has 2 rings (SSSR count). The third kappa shape index (κ3) is 3.32. The SMILES string of the molecule is CO/N=C(\C)c1ccccc1CC(=O)c1ccccc1. The first kappa shape index (κ1) is 14.0. The lowest BCUT2D eigenvalue weighted by atomic mass is 9.97. The lowest BCUT2D eigenvalue weighted by molar-refractivity contribution is 0.0993. The second kappa shape index (κ2) is 6.66. The van der Waals surface area contributed by atoms with Gasteiger partial charge < -0.3 is 4.84 Å². The molecule has 0 aromatic heterocycles. The minimum Gasteiger partial charge on any atom is -0.399 e. The lowest BCUT2D eigenvalue weighted by Gasteiger charge is -2.08. The van der Waals surface area contributed by atoms with Crippen molar-refractivity contribution >= 4 is 11.5 Å². The van der Waals surface area contributed by atoms with Gasteiger partial charge in [0.1, 0.15) is 7.11 Å². The summed E-state index contributed by atoms with van der Waals surface area (Å²) in [4.78, 5) is 17.1. The summed E-state index contributed by atoms with van der Waals surface area (Å²) < 4.78 is 0. The van der Waals surface area contributed by atoms with E-state index >= 15 is 0 Å². The quantitative estimate of drug-likeness (QED) is 0.472. The zero-order valence-electron chi connectivity index (χ0n) is 11.7. The number of carbonyl (C=O) groups excluding carboxylic acids is 1. The van der Waals surface area contributed by atoms with Gasteiger partial charge in [0.05, 0.1) is 5.71 Å². The number of hydrogen-bond donors (Lipinski definition) is 0. The Labute approximate surface area is 118 Å². The number of carbonyl (C=O) groups is 1. The number of oxime groups is 1. The Morgan fingerprint density at radius 2 is 1.70 bits per heavy atom. The summed E-state index contributed by atoms with van der Waals surface area (Å²) in [5.41, 5.74) is 3.39. The molecule has 0 bridgehead atoms. The fourth-order valence-corrected chi connectivity index (χ4v) is 2.11. The molecule has 0 saturated heterocycles. The normalized spacial score (nSPS) is 11.2. The van der Waals surface area contributed by atoms with Gasteiger partial charge in [0.15, 0.2) is 5.78 Å². The third-order valence-corrected chi connectivity index (χ3v) is 3.08. The number of benzene rings is 2. The Morgan fingerprint density at radius 3 is 2.40 bits per heavy atom. The summed E-state index contributed by atoms with van der Waals surface area (Å²) in [7, 11) is 1.52. The molecule has 102 valence electrons. The molecule has 3 heteroatoms. The van der Waals surface area contributed by atoms with E-state index < -0.39 is 0 Å². The maximum Gasteiger partial charge on any atom is 0.167 e. The van der Waals surface area contributed by atoms with Gasteiger partial charge in [-0.1, -0.05) is 59.8 Å². The molecule has 2 aromatic carbocycles. The highest BCUT2D eigenvalue weighted by Crippen LogP contribution is 2.14. The standard InChI is InChI=1S/C17H17NO2/c1-13(18-20-2)16-11-7-6-10-15(16)12-17(19)14-8-4-3-5-9-14/h3-11H,12H2,1-2H3/b18-13+. The van der Waals surface area contributed by atoms with E-state index in [1.165, 1.54) is 7.11 Å². The van der Waals surface area contributed by atoms with Crippen molar-refractivity contribution in [3.05, 3.63) is 71.3 Å². The van der Waals surface area contributed by atoms with E-state index in [0.717, 1.165) is 22.4 Å². The zero-order valence-corrected chi connectivity index (χ0v) is 11.7. The summed E-state index contributed by atoms with van der Waals surface area (Å²) in [6, 6.07) is 17.1. The topological polar surface area (TPSA) is 38.7 Å². The molecule has 0 heterocycles. The summed E-state index contributed by atoms with van der Waals surface area (Å²) in [6.07, 6.45) is 0.358. The molecule has 3 nitrogen and oxygen atoms in total. The first-order chi connectivity index (χ1) is 9.72. The monoisotopic (exact) mass is 267 g/mol. The molecule has 0 atom stereocenters. The Kier molecular flexibility index (Phi) is 4.66. The third-order valence-electron chi connectivity index (χ3n) is 3.08. The van der Waals surface area contributed by atoms with Gasteiger partial charge in [0.2, 0.25) is 0 Å². The molecule has 0 radical (unpaired) electrons. The first-order valence-corrected chi connectivity index (χ1v) is 6.46. The van der Waals surface area contributed by atoms with Crippen molar-refractivity contribution in [1.82, 2.24) is 0 Å². The molecule has 0 aliphatic heterocycles. The number of ketones is 1. The molecular weight excluding hydrogens is 250 g/mol. The van der Waals surface area contributed by atoms with Crippen molar-refractivity contribution in [2.45, 2.75) is 13.3 Å². The van der Waals surface area contributed by atoms with E-state index in [1.807, 2.05) is 61.5 Å². The largest absolute Gasteiger partial charge is 0.399 e. The fraction of sp³-hybridized carbons (Fsp3) is 0.176. The van der Waals surface area contributed by atoms with Gasteiger partial charge in [0, 0.05) is 17.5 Å². The second-order valence-electron chi connectivity index (χ2n) is 4.48. The van der Waals surface area contributed by atoms with Gasteiger partial charge >= 0.3 is 0 Å². The van der Waals surface area contributed by atoms with Gasteiger partial charge in [-0.15, -0.1) is 0 Å². The summed E-state index contributed by atoms with van der Waals surface area (Å²) in [5, 5.41) is 3.94. The van der Waals surface area contributed by atoms with Crippen molar-refractivity contribution in [3.63, 3.8) is 0 Å². The van der Waals surface area contributed by atoms with Gasteiger partial charge in [-0.05, 0) is 12.5 Å². The molecule has 0 spiro atoms. The van der Waals surface area contributed by atoms with Crippen LogP contribution in [0, 0.1) is 0 Å². The van der Waals surface area contributed by atoms with Gasteiger partial charge in [0.25, 0.3) is 0 Å². The van der Waals surface area contributed by atoms with Crippen LogP contribution in [0.5, 0.6) is 0 Å². The van der Waals surface area contributed by atoms with Crippen LogP contribution in [-0.4, -0.2) is 18.6 Å². The predicted octanol–water partition coefficient (Wildman–Crippen LogP) is 3.48. The first-order valence-electron chi connectivity index (χ1n) is 6.46. The van der Waals surface area contributed by atoms with Crippen LogP contribution in [0.4, 0.5) is 0 Å². The van der Waals surface area contributed by atoms with Crippen molar-refractivity contribution in [3.8, 4) is 0 Å². The van der Waals surface area contributed by atoms with Crippen molar-refractivity contribution in [1.29, 1.82) is 0 Å². The highest BCUT2D eigenvalue weighted by atomic mass is 16.6. The molecule has 2 aromatic rings. The van der Waals surface area contributed by atoms with Crippen LogP contribution in [-0.2, 0) is 11.3 Å². The molecule has 0 aliphatic rings. The van der Waals surface area contributed by atoms with Crippen LogP contribution in [0.25, 0.3) is 0 Å². The minimum atomic E-state index is 0.100. The maximum absolute atomic E-state index is 12.3. The number of rotatable bonds is 5. The fourth-order valence-electron chi connectivity index (χ4n) is 2.11. The van der Waals surface area contributed by atoms with E-state index in [0.29, 0.717) is 6.42 Å². The van der Waals surface area contributed by atoms with Crippen LogP contribution in [0.3, 0.4) is 0 Å². The van der Waals surface area contributed by atoms with Gasteiger partial charge in [-0.25, -0.2) is 0 Å². The Hall–Kier alpha value is -2.42. The number of nitrogens with zero attached hydrogens (tertiary/aromatic N) is 1. The summed E-state index contributed by atoms with van der Waals surface area (Å²) >= 11 is 0. The molecule has 0 fully saturated rings. The molecule has 0 N–H and O–H groups in total. The number of hydrogen-bond acceptors (Lipinski definition) is 3. The highest BCUT2D eigenvalue weighted by Gasteiger charge is 2.11. The minimum absolute atomic E-state index is 0.100. The van der Waals surface area contributed by atoms with E-state index in [9.17, 15) is 4.79 Å². The van der Waals surface area contributed by atoms with E-state index in [2.05, 4.69) is 5.16 Å². The molecule has 0 amide bonds. The van der Waals surface area contributed by atoms with Crippen molar-refractivity contribution in [2.75, 3.05) is 7.11 Å². The maximum atomic E-state index is 12.3. The molecular formula is C17H17NO2. The van der Waals surface area contributed by atoms with Crippen LogP contribution in [0.2, 0.25) is 0 Å². The molecule has 0 saturated carbocycles. The summed E-state index contributed by atoms with van der Waals surface area (Å²) in [6.45, 7) is 1.87. The van der Waals surface area contributed by atoms with Gasteiger partial charge in [-0.3, -0.25) is 4.79 Å². The number of Topliss-reactive ketones (excluding diaryl/α,β-unsaturated/α-hetero) is 1.